The van der Waals surface area contributed by atoms with Gasteiger partial charge in [0, 0.05) is 25.3 Å². The number of nitrogens with zero attached hydrogens (tertiary/aromatic N) is 1. The van der Waals surface area contributed by atoms with Gasteiger partial charge in [-0.2, -0.15) is 0 Å². The van der Waals surface area contributed by atoms with E-state index in [1.165, 1.54) is 11.3 Å². The minimum atomic E-state index is 0.297. The summed E-state index contributed by atoms with van der Waals surface area (Å²) in [5.74, 6) is 0. The first-order chi connectivity index (χ1) is 7.69. The van der Waals surface area contributed by atoms with Gasteiger partial charge in [0.1, 0.15) is 0 Å². The van der Waals surface area contributed by atoms with Crippen LogP contribution in [0.1, 0.15) is 19.4 Å². The Morgan fingerprint density at radius 3 is 2.62 bits per heavy atom. The standard InChI is InChI=1S/C13H20N2O/c1-10-8-15(9-11(2)16-10)13-5-3-4-12(6-13)7-14/h3-6,10-11H,7-9,14H2,1-2H3/t10-,11+. The van der Waals surface area contributed by atoms with E-state index in [1.807, 2.05) is 0 Å². The molecule has 0 bridgehead atoms. The lowest BCUT2D eigenvalue weighted by Gasteiger charge is -2.37. The fraction of sp³-hybridized carbons (Fsp3) is 0.538. The summed E-state index contributed by atoms with van der Waals surface area (Å²) < 4.78 is 5.73. The van der Waals surface area contributed by atoms with Crippen LogP contribution in [0.5, 0.6) is 0 Å². The fourth-order valence-electron chi connectivity index (χ4n) is 2.27. The molecule has 0 spiro atoms. The molecule has 0 aromatic heterocycles. The van der Waals surface area contributed by atoms with Gasteiger partial charge in [-0.3, -0.25) is 0 Å². The molecule has 1 heterocycles. The van der Waals surface area contributed by atoms with E-state index in [1.54, 1.807) is 0 Å². The van der Waals surface area contributed by atoms with Crippen molar-refractivity contribution in [3.63, 3.8) is 0 Å². The van der Waals surface area contributed by atoms with Crippen molar-refractivity contribution in [3.05, 3.63) is 29.8 Å². The summed E-state index contributed by atoms with van der Waals surface area (Å²) in [5, 5.41) is 0. The molecule has 3 heteroatoms. The first kappa shape index (κ1) is 11.4. The van der Waals surface area contributed by atoms with Crippen molar-refractivity contribution in [3.8, 4) is 0 Å². The maximum Gasteiger partial charge on any atom is 0.0726 e. The zero-order valence-corrected chi connectivity index (χ0v) is 10.0. The highest BCUT2D eigenvalue weighted by Crippen LogP contribution is 2.21. The number of morpholine rings is 1. The topological polar surface area (TPSA) is 38.5 Å². The highest BCUT2D eigenvalue weighted by Gasteiger charge is 2.22. The zero-order valence-electron chi connectivity index (χ0n) is 10.0. The maximum absolute atomic E-state index is 5.73. The summed E-state index contributed by atoms with van der Waals surface area (Å²) in [6.45, 7) is 6.75. The molecule has 3 nitrogen and oxygen atoms in total. The van der Waals surface area contributed by atoms with Gasteiger partial charge in [-0.25, -0.2) is 0 Å². The van der Waals surface area contributed by atoms with Crippen LogP contribution in [0.25, 0.3) is 0 Å². The molecule has 1 aliphatic rings. The summed E-state index contributed by atoms with van der Waals surface area (Å²) in [4.78, 5) is 2.37. The molecule has 2 atom stereocenters. The molecule has 1 aromatic rings. The predicted molar refractivity (Wildman–Crippen MR) is 66.6 cm³/mol. The van der Waals surface area contributed by atoms with Crippen molar-refractivity contribution in [1.29, 1.82) is 0 Å². The van der Waals surface area contributed by atoms with Crippen LogP contribution < -0.4 is 10.6 Å². The molecule has 0 radical (unpaired) electrons. The SMILES string of the molecule is C[C@@H]1CN(c2cccc(CN)c2)C[C@H](C)O1. The summed E-state index contributed by atoms with van der Waals surface area (Å²) in [6.07, 6.45) is 0.593. The van der Waals surface area contributed by atoms with Gasteiger partial charge in [0.25, 0.3) is 0 Å². The number of ether oxygens (including phenoxy) is 1. The van der Waals surface area contributed by atoms with Crippen LogP contribution in [0, 0.1) is 0 Å². The van der Waals surface area contributed by atoms with Gasteiger partial charge in [0.15, 0.2) is 0 Å². The van der Waals surface area contributed by atoms with Crippen molar-refractivity contribution >= 4 is 5.69 Å². The first-order valence-corrected chi connectivity index (χ1v) is 5.88. The Morgan fingerprint density at radius 1 is 1.31 bits per heavy atom. The molecule has 1 fully saturated rings. The van der Waals surface area contributed by atoms with Crippen LogP contribution in [-0.4, -0.2) is 25.3 Å². The maximum atomic E-state index is 5.73. The van der Waals surface area contributed by atoms with E-state index in [9.17, 15) is 0 Å². The van der Waals surface area contributed by atoms with E-state index in [0.29, 0.717) is 18.8 Å². The number of nitrogens with two attached hydrogens (primary N) is 1. The van der Waals surface area contributed by atoms with Gasteiger partial charge < -0.3 is 15.4 Å². The molecule has 2 rings (SSSR count). The molecule has 1 aliphatic heterocycles. The van der Waals surface area contributed by atoms with Crippen molar-refractivity contribution in [2.24, 2.45) is 5.73 Å². The summed E-state index contributed by atoms with van der Waals surface area (Å²) in [5.41, 5.74) is 8.10. The molecule has 1 saturated heterocycles. The smallest absolute Gasteiger partial charge is 0.0726 e. The average molecular weight is 220 g/mol. The molecule has 0 unspecified atom stereocenters. The van der Waals surface area contributed by atoms with Crippen molar-refractivity contribution in [1.82, 2.24) is 0 Å². The monoisotopic (exact) mass is 220 g/mol. The van der Waals surface area contributed by atoms with Crippen LogP contribution in [0.2, 0.25) is 0 Å². The van der Waals surface area contributed by atoms with E-state index in [2.05, 4.69) is 43.0 Å². The summed E-state index contributed by atoms with van der Waals surface area (Å²) in [6, 6.07) is 8.45. The lowest BCUT2D eigenvalue weighted by molar-refractivity contribution is -0.00522. The molecule has 88 valence electrons. The predicted octanol–water partition coefficient (Wildman–Crippen LogP) is 1.76. The molecule has 2 N–H and O–H groups in total. The van der Waals surface area contributed by atoms with Gasteiger partial charge in [-0.05, 0) is 31.5 Å². The lowest BCUT2D eigenvalue weighted by Crippen LogP contribution is -2.45. The molecule has 16 heavy (non-hydrogen) atoms. The molecule has 1 aromatic carbocycles. The van der Waals surface area contributed by atoms with Crippen LogP contribution >= 0.6 is 0 Å². The number of benzene rings is 1. The first-order valence-electron chi connectivity index (χ1n) is 5.88. The Bertz CT molecular complexity index is 344. The van der Waals surface area contributed by atoms with E-state index in [-0.39, 0.29) is 0 Å². The Balaban J connectivity index is 2.16. The second kappa shape index (κ2) is 4.85. The van der Waals surface area contributed by atoms with Gasteiger partial charge in [-0.15, -0.1) is 0 Å². The van der Waals surface area contributed by atoms with Crippen LogP contribution in [0.3, 0.4) is 0 Å². The van der Waals surface area contributed by atoms with Crippen molar-refractivity contribution < 1.29 is 4.74 Å². The Hall–Kier alpha value is -1.06. The molecular weight excluding hydrogens is 200 g/mol. The number of hydrogen-bond acceptors (Lipinski definition) is 3. The fourth-order valence-corrected chi connectivity index (χ4v) is 2.27. The Labute approximate surface area is 97.2 Å². The molecular formula is C13H20N2O. The van der Waals surface area contributed by atoms with Gasteiger partial charge in [-0.1, -0.05) is 12.1 Å². The van der Waals surface area contributed by atoms with Crippen LogP contribution in [-0.2, 0) is 11.3 Å². The van der Waals surface area contributed by atoms with Gasteiger partial charge in [0.2, 0.25) is 0 Å². The summed E-state index contributed by atoms with van der Waals surface area (Å²) >= 11 is 0. The van der Waals surface area contributed by atoms with Gasteiger partial charge >= 0.3 is 0 Å². The van der Waals surface area contributed by atoms with Crippen LogP contribution in [0.4, 0.5) is 5.69 Å². The zero-order chi connectivity index (χ0) is 11.5. The lowest BCUT2D eigenvalue weighted by atomic mass is 10.1. The highest BCUT2D eigenvalue weighted by molar-refractivity contribution is 5.49. The second-order valence-corrected chi connectivity index (χ2v) is 4.54. The molecule has 0 amide bonds. The second-order valence-electron chi connectivity index (χ2n) is 4.54. The van der Waals surface area contributed by atoms with Crippen LogP contribution in [0.15, 0.2) is 24.3 Å². The minimum Gasteiger partial charge on any atom is -0.372 e. The van der Waals surface area contributed by atoms with Crippen molar-refractivity contribution in [2.75, 3.05) is 18.0 Å². The molecule has 0 aliphatic carbocycles. The van der Waals surface area contributed by atoms with E-state index in [0.717, 1.165) is 13.1 Å². The Kier molecular flexibility index (Phi) is 3.46. The van der Waals surface area contributed by atoms with Gasteiger partial charge in [0.05, 0.1) is 12.2 Å². The average Bonchev–Trinajstić information content (AvgIpc) is 2.28. The Morgan fingerprint density at radius 2 is 2.00 bits per heavy atom. The number of rotatable bonds is 2. The quantitative estimate of drug-likeness (QED) is 0.825. The number of hydrogen-bond donors (Lipinski definition) is 1. The number of anilines is 1. The third kappa shape index (κ3) is 2.54. The minimum absolute atomic E-state index is 0.297. The van der Waals surface area contributed by atoms with Crippen molar-refractivity contribution in [2.45, 2.75) is 32.6 Å². The molecule has 0 saturated carbocycles. The normalized spacial score (nSPS) is 25.8. The third-order valence-electron chi connectivity index (χ3n) is 2.93. The van der Waals surface area contributed by atoms with E-state index in [4.69, 9.17) is 10.5 Å². The third-order valence-corrected chi connectivity index (χ3v) is 2.93. The van der Waals surface area contributed by atoms with E-state index < -0.39 is 0 Å². The van der Waals surface area contributed by atoms with E-state index >= 15 is 0 Å². The largest absolute Gasteiger partial charge is 0.372 e. The summed E-state index contributed by atoms with van der Waals surface area (Å²) in [7, 11) is 0. The highest BCUT2D eigenvalue weighted by atomic mass is 16.5.